The van der Waals surface area contributed by atoms with Crippen molar-refractivity contribution in [3.8, 4) is 17.2 Å². The number of nitrogens with one attached hydrogen (secondary N) is 1. The average molecular weight is 434 g/mol. The largest absolute Gasteiger partial charge is 0.493 e. The Morgan fingerprint density at radius 1 is 1.03 bits per heavy atom. The second-order valence-electron chi connectivity index (χ2n) is 8.27. The number of guanidine groups is 1. The van der Waals surface area contributed by atoms with Crippen LogP contribution in [-0.2, 0) is 6.54 Å². The standard InChI is InChI=1S/C23H39N5O3/c1-6-24-23(25-16-19-8-7-9-26(19)2)28-12-10-27(11-13-28)17-18-14-20(29-3)22(31-5)21(15-18)30-4/h14-15,19H,6-13,16-17H2,1-5H3,(H,24,25). The first-order valence-electron chi connectivity index (χ1n) is 11.3. The minimum atomic E-state index is 0.579. The van der Waals surface area contributed by atoms with E-state index in [0.29, 0.717) is 23.3 Å². The minimum absolute atomic E-state index is 0.579. The van der Waals surface area contributed by atoms with Gasteiger partial charge in [-0.05, 0) is 51.1 Å². The normalized spacial score (nSPS) is 20.7. The van der Waals surface area contributed by atoms with Gasteiger partial charge in [0, 0.05) is 45.3 Å². The fourth-order valence-electron chi connectivity index (χ4n) is 4.43. The Bertz CT molecular complexity index is 709. The van der Waals surface area contributed by atoms with Gasteiger partial charge in [-0.1, -0.05) is 0 Å². The molecule has 1 unspecified atom stereocenters. The molecular formula is C23H39N5O3. The van der Waals surface area contributed by atoms with Crippen molar-refractivity contribution >= 4 is 5.96 Å². The molecular weight excluding hydrogens is 394 g/mol. The second kappa shape index (κ2) is 11.4. The molecule has 0 spiro atoms. The third-order valence-electron chi connectivity index (χ3n) is 6.26. The zero-order chi connectivity index (χ0) is 22.2. The van der Waals surface area contributed by atoms with Gasteiger partial charge in [-0.3, -0.25) is 9.89 Å². The van der Waals surface area contributed by atoms with E-state index in [1.54, 1.807) is 21.3 Å². The molecule has 2 aliphatic heterocycles. The molecule has 2 aliphatic rings. The minimum Gasteiger partial charge on any atom is -0.493 e. The number of aliphatic imine (C=N–C) groups is 1. The van der Waals surface area contributed by atoms with E-state index in [0.717, 1.165) is 57.3 Å². The molecule has 1 aromatic carbocycles. The molecule has 8 heteroatoms. The second-order valence-corrected chi connectivity index (χ2v) is 8.27. The fourth-order valence-corrected chi connectivity index (χ4v) is 4.43. The van der Waals surface area contributed by atoms with E-state index in [4.69, 9.17) is 19.2 Å². The summed E-state index contributed by atoms with van der Waals surface area (Å²) in [5.74, 6) is 3.09. The number of ether oxygens (including phenoxy) is 3. The molecule has 1 N–H and O–H groups in total. The molecule has 0 aliphatic carbocycles. The summed E-state index contributed by atoms with van der Waals surface area (Å²) in [6.45, 7) is 9.87. The number of methoxy groups -OCH3 is 3. The summed E-state index contributed by atoms with van der Waals surface area (Å²) < 4.78 is 16.4. The number of rotatable bonds is 8. The van der Waals surface area contributed by atoms with Crippen molar-refractivity contribution in [3.63, 3.8) is 0 Å². The van der Waals surface area contributed by atoms with Gasteiger partial charge in [0.2, 0.25) is 5.75 Å². The summed E-state index contributed by atoms with van der Waals surface area (Å²) in [4.78, 5) is 12.3. The Balaban J connectivity index is 1.59. The summed E-state index contributed by atoms with van der Waals surface area (Å²) in [6, 6.07) is 4.66. The molecule has 1 aromatic rings. The molecule has 0 aromatic heterocycles. The lowest BCUT2D eigenvalue weighted by Gasteiger charge is -2.36. The molecule has 0 saturated carbocycles. The van der Waals surface area contributed by atoms with Gasteiger partial charge >= 0.3 is 0 Å². The van der Waals surface area contributed by atoms with Crippen LogP contribution in [0.25, 0.3) is 0 Å². The maximum Gasteiger partial charge on any atom is 0.203 e. The Morgan fingerprint density at radius 3 is 2.23 bits per heavy atom. The quantitative estimate of drug-likeness (QED) is 0.496. The number of nitrogens with zero attached hydrogens (tertiary/aromatic N) is 4. The van der Waals surface area contributed by atoms with Crippen molar-refractivity contribution in [2.24, 2.45) is 4.99 Å². The highest BCUT2D eigenvalue weighted by molar-refractivity contribution is 5.80. The first-order valence-corrected chi connectivity index (χ1v) is 11.3. The van der Waals surface area contributed by atoms with E-state index in [9.17, 15) is 0 Å². The molecule has 8 nitrogen and oxygen atoms in total. The third kappa shape index (κ3) is 5.95. The Kier molecular flexibility index (Phi) is 8.66. The summed E-state index contributed by atoms with van der Waals surface area (Å²) in [5, 5.41) is 3.49. The van der Waals surface area contributed by atoms with Crippen molar-refractivity contribution in [1.82, 2.24) is 20.0 Å². The zero-order valence-corrected chi connectivity index (χ0v) is 19.8. The topological polar surface area (TPSA) is 61.8 Å². The molecule has 31 heavy (non-hydrogen) atoms. The van der Waals surface area contributed by atoms with Crippen LogP contribution in [0.2, 0.25) is 0 Å². The monoisotopic (exact) mass is 433 g/mol. The van der Waals surface area contributed by atoms with Crippen molar-refractivity contribution in [1.29, 1.82) is 0 Å². The molecule has 3 rings (SSSR count). The maximum absolute atomic E-state index is 5.50. The lowest BCUT2D eigenvalue weighted by molar-refractivity contribution is 0.172. The fraction of sp³-hybridized carbons (Fsp3) is 0.696. The SMILES string of the molecule is CCNC(=NCC1CCCN1C)N1CCN(Cc2cc(OC)c(OC)c(OC)c2)CC1. The molecule has 174 valence electrons. The van der Waals surface area contributed by atoms with Crippen LogP contribution in [0.1, 0.15) is 25.3 Å². The number of hydrogen-bond donors (Lipinski definition) is 1. The predicted molar refractivity (Wildman–Crippen MR) is 125 cm³/mol. The molecule has 2 fully saturated rings. The van der Waals surface area contributed by atoms with Crippen LogP contribution < -0.4 is 19.5 Å². The molecule has 1 atom stereocenters. The summed E-state index contributed by atoms with van der Waals surface area (Å²) >= 11 is 0. The van der Waals surface area contributed by atoms with Gasteiger partial charge in [-0.15, -0.1) is 0 Å². The van der Waals surface area contributed by atoms with Crippen LogP contribution >= 0.6 is 0 Å². The molecule has 0 radical (unpaired) electrons. The molecule has 2 heterocycles. The third-order valence-corrected chi connectivity index (χ3v) is 6.26. The molecule has 2 saturated heterocycles. The first kappa shape index (κ1) is 23.5. The van der Waals surface area contributed by atoms with Gasteiger partial charge in [0.15, 0.2) is 17.5 Å². The van der Waals surface area contributed by atoms with Crippen LogP contribution in [0.4, 0.5) is 0 Å². The molecule has 0 bridgehead atoms. The van der Waals surface area contributed by atoms with E-state index in [1.807, 2.05) is 12.1 Å². The summed E-state index contributed by atoms with van der Waals surface area (Å²) in [6.07, 6.45) is 2.54. The van der Waals surface area contributed by atoms with Crippen LogP contribution in [0, 0.1) is 0 Å². The number of benzene rings is 1. The van der Waals surface area contributed by atoms with Crippen molar-refractivity contribution < 1.29 is 14.2 Å². The Morgan fingerprint density at radius 2 is 1.71 bits per heavy atom. The van der Waals surface area contributed by atoms with Crippen LogP contribution in [0.3, 0.4) is 0 Å². The van der Waals surface area contributed by atoms with E-state index in [1.165, 1.54) is 19.4 Å². The van der Waals surface area contributed by atoms with Gasteiger partial charge < -0.3 is 29.3 Å². The molecule has 0 amide bonds. The lowest BCUT2D eigenvalue weighted by Crippen LogP contribution is -2.52. The highest BCUT2D eigenvalue weighted by Crippen LogP contribution is 2.38. The van der Waals surface area contributed by atoms with Gasteiger partial charge in [-0.2, -0.15) is 0 Å². The number of piperazine rings is 1. The van der Waals surface area contributed by atoms with Crippen molar-refractivity contribution in [2.75, 3.05) is 74.2 Å². The van der Waals surface area contributed by atoms with Crippen LogP contribution in [0.5, 0.6) is 17.2 Å². The van der Waals surface area contributed by atoms with Crippen molar-refractivity contribution in [3.05, 3.63) is 17.7 Å². The number of likely N-dealkylation sites (N-methyl/N-ethyl adjacent to an activating group) is 1. The van der Waals surface area contributed by atoms with Gasteiger partial charge in [-0.25, -0.2) is 0 Å². The van der Waals surface area contributed by atoms with E-state index in [2.05, 4.69) is 34.0 Å². The summed E-state index contributed by atoms with van der Waals surface area (Å²) in [7, 11) is 7.16. The predicted octanol–water partition coefficient (Wildman–Crippen LogP) is 1.89. The first-order chi connectivity index (χ1) is 15.1. The maximum atomic E-state index is 5.50. The van der Waals surface area contributed by atoms with Gasteiger partial charge in [0.25, 0.3) is 0 Å². The lowest BCUT2D eigenvalue weighted by atomic mass is 10.1. The number of likely N-dealkylation sites (tertiary alicyclic amines) is 1. The van der Waals surface area contributed by atoms with Gasteiger partial charge in [0.05, 0.1) is 27.9 Å². The van der Waals surface area contributed by atoms with Crippen LogP contribution in [-0.4, -0.2) is 101 Å². The van der Waals surface area contributed by atoms with E-state index < -0.39 is 0 Å². The Labute approximate surface area is 187 Å². The number of hydrogen-bond acceptors (Lipinski definition) is 6. The smallest absolute Gasteiger partial charge is 0.203 e. The van der Waals surface area contributed by atoms with Crippen LogP contribution in [0.15, 0.2) is 17.1 Å². The highest BCUT2D eigenvalue weighted by Gasteiger charge is 2.23. The average Bonchev–Trinajstić information content (AvgIpc) is 3.21. The van der Waals surface area contributed by atoms with Crippen molar-refractivity contribution in [2.45, 2.75) is 32.4 Å². The summed E-state index contributed by atoms with van der Waals surface area (Å²) in [5.41, 5.74) is 1.16. The Hall–Kier alpha value is -2.19. The highest BCUT2D eigenvalue weighted by atomic mass is 16.5. The zero-order valence-electron chi connectivity index (χ0n) is 19.8. The van der Waals surface area contributed by atoms with E-state index in [-0.39, 0.29) is 0 Å². The van der Waals surface area contributed by atoms with Gasteiger partial charge in [0.1, 0.15) is 0 Å². The van der Waals surface area contributed by atoms with E-state index >= 15 is 0 Å².